The van der Waals surface area contributed by atoms with Gasteiger partial charge in [-0.1, -0.05) is 12.1 Å². The molecular formula is C26H21FN2O4. The zero-order valence-electron chi connectivity index (χ0n) is 18.1. The lowest BCUT2D eigenvalue weighted by atomic mass is 10.1. The van der Waals surface area contributed by atoms with E-state index >= 15 is 0 Å². The van der Waals surface area contributed by atoms with E-state index in [1.54, 1.807) is 66.7 Å². The number of rotatable bonds is 6. The van der Waals surface area contributed by atoms with Crippen molar-refractivity contribution in [2.24, 2.45) is 4.99 Å². The molecule has 0 fully saturated rings. The number of amides is 1. The van der Waals surface area contributed by atoms with Crippen LogP contribution in [-0.2, 0) is 9.53 Å². The van der Waals surface area contributed by atoms with Crippen LogP contribution in [0.3, 0.4) is 0 Å². The number of hydrogen-bond donors (Lipinski definition) is 0. The fourth-order valence-electron chi connectivity index (χ4n) is 3.40. The van der Waals surface area contributed by atoms with Crippen LogP contribution < -0.4 is 9.64 Å². The largest absolute Gasteiger partial charge is 0.494 e. The van der Waals surface area contributed by atoms with Crippen LogP contribution >= 0.6 is 0 Å². The van der Waals surface area contributed by atoms with Gasteiger partial charge in [0.2, 0.25) is 0 Å². The molecule has 7 heteroatoms. The van der Waals surface area contributed by atoms with Gasteiger partial charge in [-0.15, -0.1) is 0 Å². The van der Waals surface area contributed by atoms with Crippen molar-refractivity contribution in [3.05, 3.63) is 101 Å². The maximum atomic E-state index is 13.5. The fourth-order valence-corrected chi connectivity index (χ4v) is 3.40. The Morgan fingerprint density at radius 2 is 1.67 bits per heavy atom. The quantitative estimate of drug-likeness (QED) is 0.403. The summed E-state index contributed by atoms with van der Waals surface area (Å²) in [5, 5.41) is 0. The van der Waals surface area contributed by atoms with E-state index in [0.717, 1.165) is 0 Å². The molecule has 1 heterocycles. The number of halogens is 1. The Morgan fingerprint density at radius 3 is 2.27 bits per heavy atom. The monoisotopic (exact) mass is 444 g/mol. The number of anilines is 1. The average Bonchev–Trinajstić information content (AvgIpc) is 3.16. The Hall–Kier alpha value is -4.26. The Labute approximate surface area is 190 Å². The molecular weight excluding hydrogens is 423 g/mol. The van der Waals surface area contributed by atoms with Gasteiger partial charge in [0.05, 0.1) is 25.0 Å². The summed E-state index contributed by atoms with van der Waals surface area (Å²) in [4.78, 5) is 31.1. The van der Waals surface area contributed by atoms with Gasteiger partial charge < -0.3 is 9.47 Å². The van der Waals surface area contributed by atoms with E-state index in [2.05, 4.69) is 4.99 Å². The highest BCUT2D eigenvalue weighted by atomic mass is 19.1. The minimum atomic E-state index is -0.440. The van der Waals surface area contributed by atoms with E-state index in [1.165, 1.54) is 24.1 Å². The lowest BCUT2D eigenvalue weighted by Crippen LogP contribution is -2.32. The number of nitrogens with zero attached hydrogens (tertiary/aromatic N) is 2. The molecule has 33 heavy (non-hydrogen) atoms. The molecule has 0 N–H and O–H groups in total. The van der Waals surface area contributed by atoms with E-state index in [1.807, 2.05) is 6.92 Å². The molecule has 3 aromatic carbocycles. The number of benzene rings is 3. The van der Waals surface area contributed by atoms with Crippen molar-refractivity contribution in [3.63, 3.8) is 0 Å². The van der Waals surface area contributed by atoms with Crippen LogP contribution in [0.1, 0.15) is 28.4 Å². The predicted octanol–water partition coefficient (Wildman–Crippen LogP) is 4.85. The van der Waals surface area contributed by atoms with E-state index < -0.39 is 5.97 Å². The Morgan fingerprint density at radius 1 is 1.00 bits per heavy atom. The number of esters is 1. The van der Waals surface area contributed by atoms with Crippen molar-refractivity contribution in [1.82, 2.24) is 0 Å². The first-order valence-corrected chi connectivity index (χ1v) is 10.3. The van der Waals surface area contributed by atoms with Gasteiger partial charge in [0, 0.05) is 5.56 Å². The zero-order chi connectivity index (χ0) is 23.4. The molecule has 166 valence electrons. The van der Waals surface area contributed by atoms with Crippen LogP contribution in [0.2, 0.25) is 0 Å². The molecule has 0 unspecified atom stereocenters. The highest BCUT2D eigenvalue weighted by Crippen LogP contribution is 2.29. The van der Waals surface area contributed by atoms with Gasteiger partial charge in [-0.05, 0) is 79.2 Å². The molecule has 4 rings (SSSR count). The maximum Gasteiger partial charge on any atom is 0.337 e. The third kappa shape index (κ3) is 4.67. The first-order chi connectivity index (χ1) is 16.0. The first kappa shape index (κ1) is 22.0. The lowest BCUT2D eigenvalue weighted by molar-refractivity contribution is -0.113. The van der Waals surface area contributed by atoms with Gasteiger partial charge in [-0.3, -0.25) is 9.69 Å². The Kier molecular flexibility index (Phi) is 6.31. The number of methoxy groups -OCH3 is 1. The first-order valence-electron chi connectivity index (χ1n) is 10.3. The van der Waals surface area contributed by atoms with Crippen molar-refractivity contribution < 1.29 is 23.5 Å². The SMILES string of the molecule is CCOc1ccc(N2C(=O)/C(=C\c3ccc(C(=O)OC)cc3)N=C2c2ccc(F)cc2)cc1. The topological polar surface area (TPSA) is 68.2 Å². The molecule has 0 aromatic heterocycles. The van der Waals surface area contributed by atoms with Gasteiger partial charge in [0.1, 0.15) is 23.1 Å². The van der Waals surface area contributed by atoms with E-state index in [-0.39, 0.29) is 17.4 Å². The van der Waals surface area contributed by atoms with Crippen LogP contribution in [0.5, 0.6) is 5.75 Å². The van der Waals surface area contributed by atoms with Crippen LogP contribution in [0.25, 0.3) is 6.08 Å². The van der Waals surface area contributed by atoms with Crippen molar-refractivity contribution in [2.45, 2.75) is 6.92 Å². The standard InChI is InChI=1S/C26H21FN2O4/c1-3-33-22-14-12-21(13-15-22)29-24(18-8-10-20(27)11-9-18)28-23(25(29)30)16-17-4-6-19(7-5-17)26(31)32-2/h4-16H,3H2,1-2H3/b23-16+. The zero-order valence-corrected chi connectivity index (χ0v) is 18.1. The highest BCUT2D eigenvalue weighted by Gasteiger charge is 2.32. The summed E-state index contributed by atoms with van der Waals surface area (Å²) in [6.45, 7) is 2.43. The number of carbonyl (C=O) groups is 2. The van der Waals surface area contributed by atoms with E-state index in [0.29, 0.717) is 40.6 Å². The van der Waals surface area contributed by atoms with E-state index in [4.69, 9.17) is 9.47 Å². The minimum Gasteiger partial charge on any atom is -0.494 e. The van der Waals surface area contributed by atoms with Crippen molar-refractivity contribution in [3.8, 4) is 5.75 Å². The van der Waals surface area contributed by atoms with Gasteiger partial charge in [0.25, 0.3) is 5.91 Å². The smallest absolute Gasteiger partial charge is 0.337 e. The molecule has 0 atom stereocenters. The van der Waals surface area contributed by atoms with Crippen molar-refractivity contribution >= 4 is 29.5 Å². The van der Waals surface area contributed by atoms with Gasteiger partial charge in [0.15, 0.2) is 0 Å². The normalized spacial score (nSPS) is 14.4. The molecule has 0 radical (unpaired) electrons. The van der Waals surface area contributed by atoms with Gasteiger partial charge in [-0.25, -0.2) is 14.2 Å². The Balaban J connectivity index is 1.73. The van der Waals surface area contributed by atoms with Crippen LogP contribution in [-0.4, -0.2) is 31.4 Å². The third-order valence-electron chi connectivity index (χ3n) is 5.00. The number of amidine groups is 1. The third-order valence-corrected chi connectivity index (χ3v) is 5.00. The van der Waals surface area contributed by atoms with Crippen LogP contribution in [0.15, 0.2) is 83.5 Å². The second kappa shape index (κ2) is 9.48. The van der Waals surface area contributed by atoms with Crippen LogP contribution in [0.4, 0.5) is 10.1 Å². The summed E-state index contributed by atoms with van der Waals surface area (Å²) in [5.41, 5.74) is 2.53. The molecule has 6 nitrogen and oxygen atoms in total. The second-order valence-electron chi connectivity index (χ2n) is 7.15. The molecule has 3 aromatic rings. The molecule has 0 saturated carbocycles. The maximum absolute atomic E-state index is 13.5. The summed E-state index contributed by atoms with van der Waals surface area (Å²) >= 11 is 0. The molecule has 0 saturated heterocycles. The van der Waals surface area contributed by atoms with Gasteiger partial charge in [-0.2, -0.15) is 0 Å². The number of aliphatic imine (C=N–C) groups is 1. The summed E-state index contributed by atoms with van der Waals surface area (Å²) < 4.78 is 23.7. The second-order valence-corrected chi connectivity index (χ2v) is 7.15. The number of ether oxygens (including phenoxy) is 2. The summed E-state index contributed by atoms with van der Waals surface area (Å²) in [6.07, 6.45) is 1.64. The van der Waals surface area contributed by atoms with E-state index in [9.17, 15) is 14.0 Å². The fraction of sp³-hybridized carbons (Fsp3) is 0.115. The van der Waals surface area contributed by atoms with Crippen molar-refractivity contribution in [1.29, 1.82) is 0 Å². The minimum absolute atomic E-state index is 0.217. The number of carbonyl (C=O) groups excluding carboxylic acids is 2. The number of hydrogen-bond acceptors (Lipinski definition) is 5. The molecule has 1 amide bonds. The summed E-state index contributed by atoms with van der Waals surface area (Å²) in [7, 11) is 1.32. The van der Waals surface area contributed by atoms with Crippen LogP contribution in [0, 0.1) is 5.82 Å². The van der Waals surface area contributed by atoms with Crippen molar-refractivity contribution in [2.75, 3.05) is 18.6 Å². The molecule has 0 aliphatic carbocycles. The summed E-state index contributed by atoms with van der Waals surface area (Å²) in [5.74, 6) is -0.0612. The summed E-state index contributed by atoms with van der Waals surface area (Å²) in [6, 6.07) is 19.6. The van der Waals surface area contributed by atoms with Gasteiger partial charge >= 0.3 is 5.97 Å². The average molecular weight is 444 g/mol. The Bertz CT molecular complexity index is 1230. The molecule has 1 aliphatic rings. The molecule has 0 bridgehead atoms. The lowest BCUT2D eigenvalue weighted by Gasteiger charge is -2.19. The molecule has 0 spiro atoms. The molecule has 1 aliphatic heterocycles. The predicted molar refractivity (Wildman–Crippen MR) is 124 cm³/mol. The highest BCUT2D eigenvalue weighted by molar-refractivity contribution is 6.33.